The summed E-state index contributed by atoms with van der Waals surface area (Å²) in [5.41, 5.74) is 1.66. The number of furan rings is 1. The Morgan fingerprint density at radius 3 is 2.76 bits per heavy atom. The van der Waals surface area contributed by atoms with E-state index in [4.69, 9.17) is 13.9 Å². The summed E-state index contributed by atoms with van der Waals surface area (Å²) in [5.74, 6) is 2.75. The van der Waals surface area contributed by atoms with Crippen LogP contribution in [-0.2, 0) is 13.1 Å². The lowest BCUT2D eigenvalue weighted by molar-refractivity contribution is -0.908. The molecule has 0 radical (unpaired) electrons. The van der Waals surface area contributed by atoms with Crippen LogP contribution in [0.4, 0.5) is 0 Å². The Bertz CT molecular complexity index is 1180. The summed E-state index contributed by atoms with van der Waals surface area (Å²) in [6, 6.07) is 9.48. The van der Waals surface area contributed by atoms with Gasteiger partial charge in [-0.15, -0.1) is 11.3 Å². The SMILES string of the molecule is COc1cccc(C[NH+](C)Cc2nc3scc(-c4ccco4)c3c(=O)[nH]2)c1OC. The second-order valence-corrected chi connectivity index (χ2v) is 7.64. The number of nitrogens with one attached hydrogen (secondary N) is 2. The number of thiophene rings is 1. The number of H-pyrrole nitrogens is 1. The molecule has 7 nitrogen and oxygen atoms in total. The van der Waals surface area contributed by atoms with Gasteiger partial charge in [0, 0.05) is 10.9 Å². The molecule has 1 aromatic carbocycles. The number of benzene rings is 1. The molecule has 0 spiro atoms. The van der Waals surface area contributed by atoms with Crippen LogP contribution in [0, 0.1) is 0 Å². The molecule has 2 N–H and O–H groups in total. The molecule has 29 heavy (non-hydrogen) atoms. The first-order valence-electron chi connectivity index (χ1n) is 9.16. The van der Waals surface area contributed by atoms with E-state index in [1.54, 1.807) is 26.5 Å². The number of methoxy groups -OCH3 is 2. The molecule has 0 saturated carbocycles. The number of para-hydroxylation sites is 1. The van der Waals surface area contributed by atoms with E-state index in [0.29, 0.717) is 40.6 Å². The third-order valence-corrected chi connectivity index (χ3v) is 5.60. The number of hydrogen-bond donors (Lipinski definition) is 2. The monoisotopic (exact) mass is 412 g/mol. The molecule has 1 atom stereocenters. The van der Waals surface area contributed by atoms with Gasteiger partial charge in [-0.2, -0.15) is 0 Å². The van der Waals surface area contributed by atoms with E-state index in [1.165, 1.54) is 11.3 Å². The number of aromatic nitrogens is 2. The molecule has 3 heterocycles. The highest BCUT2D eigenvalue weighted by atomic mass is 32.1. The van der Waals surface area contributed by atoms with Crippen molar-refractivity contribution in [1.82, 2.24) is 9.97 Å². The zero-order valence-electron chi connectivity index (χ0n) is 16.4. The lowest BCUT2D eigenvalue weighted by Crippen LogP contribution is -3.06. The fraction of sp³-hybridized carbons (Fsp3) is 0.238. The van der Waals surface area contributed by atoms with Gasteiger partial charge in [0.1, 0.15) is 23.7 Å². The summed E-state index contributed by atoms with van der Waals surface area (Å²) in [6.07, 6.45) is 1.60. The quantitative estimate of drug-likeness (QED) is 0.487. The topological polar surface area (TPSA) is 81.8 Å². The van der Waals surface area contributed by atoms with Gasteiger partial charge in [-0.25, -0.2) is 4.98 Å². The predicted molar refractivity (Wildman–Crippen MR) is 112 cm³/mol. The lowest BCUT2D eigenvalue weighted by atomic mass is 10.1. The van der Waals surface area contributed by atoms with E-state index in [0.717, 1.165) is 21.8 Å². The minimum Gasteiger partial charge on any atom is -0.493 e. The molecule has 0 saturated heterocycles. The average Bonchev–Trinajstić information content (AvgIpc) is 3.37. The van der Waals surface area contributed by atoms with Crippen molar-refractivity contribution in [3.05, 3.63) is 63.7 Å². The number of nitrogens with zero attached hydrogens (tertiary/aromatic N) is 1. The number of quaternary nitrogens is 1. The molecule has 1 unspecified atom stereocenters. The molecule has 150 valence electrons. The van der Waals surface area contributed by atoms with Gasteiger partial charge in [-0.05, 0) is 24.3 Å². The zero-order valence-corrected chi connectivity index (χ0v) is 17.3. The number of rotatable bonds is 7. The number of fused-ring (bicyclic) bond motifs is 1. The Kier molecular flexibility index (Phi) is 5.37. The molecule has 4 aromatic rings. The molecule has 0 fully saturated rings. The summed E-state index contributed by atoms with van der Waals surface area (Å²) in [7, 11) is 5.31. The van der Waals surface area contributed by atoms with Crippen molar-refractivity contribution in [2.24, 2.45) is 0 Å². The Morgan fingerprint density at radius 2 is 2.03 bits per heavy atom. The first kappa shape index (κ1) is 19.2. The van der Waals surface area contributed by atoms with Crippen molar-refractivity contribution in [2.75, 3.05) is 21.3 Å². The number of aromatic amines is 1. The molecule has 0 aliphatic heterocycles. The van der Waals surface area contributed by atoms with Crippen LogP contribution in [0.15, 0.2) is 51.2 Å². The van der Waals surface area contributed by atoms with E-state index in [-0.39, 0.29) is 5.56 Å². The highest BCUT2D eigenvalue weighted by molar-refractivity contribution is 7.17. The second kappa shape index (κ2) is 8.10. The van der Waals surface area contributed by atoms with Crippen LogP contribution >= 0.6 is 11.3 Å². The molecule has 4 rings (SSSR count). The zero-order chi connectivity index (χ0) is 20.4. The van der Waals surface area contributed by atoms with Gasteiger partial charge >= 0.3 is 0 Å². The van der Waals surface area contributed by atoms with Gasteiger partial charge in [-0.3, -0.25) is 4.79 Å². The Labute approximate surface area is 171 Å². The van der Waals surface area contributed by atoms with E-state index in [1.807, 2.05) is 36.7 Å². The minimum atomic E-state index is -0.149. The van der Waals surface area contributed by atoms with Gasteiger partial charge in [0.2, 0.25) is 0 Å². The van der Waals surface area contributed by atoms with Gasteiger partial charge in [0.05, 0.1) is 38.5 Å². The fourth-order valence-electron chi connectivity index (χ4n) is 3.46. The smallest absolute Gasteiger partial charge is 0.260 e. The van der Waals surface area contributed by atoms with Crippen molar-refractivity contribution in [3.8, 4) is 22.8 Å². The fourth-order valence-corrected chi connectivity index (χ4v) is 4.40. The van der Waals surface area contributed by atoms with Gasteiger partial charge in [-0.1, -0.05) is 6.07 Å². The Balaban J connectivity index is 1.58. The van der Waals surface area contributed by atoms with Crippen LogP contribution in [-0.4, -0.2) is 31.2 Å². The van der Waals surface area contributed by atoms with Crippen LogP contribution in [0.2, 0.25) is 0 Å². The molecule has 0 amide bonds. The Morgan fingerprint density at radius 1 is 1.17 bits per heavy atom. The maximum atomic E-state index is 12.7. The van der Waals surface area contributed by atoms with Crippen LogP contribution < -0.4 is 19.9 Å². The molecular formula is C21H22N3O4S+. The predicted octanol–water partition coefficient (Wildman–Crippen LogP) is 2.48. The molecule has 8 heteroatoms. The Hall–Kier alpha value is -3.10. The maximum absolute atomic E-state index is 12.7. The standard InChI is InChI=1S/C21H21N3O4S/c1-24(10-13-6-4-7-16(26-2)19(13)27-3)11-17-22-20(25)18-14(12-29-21(18)23-17)15-8-5-9-28-15/h4-9,12H,10-11H2,1-3H3,(H,22,23,25)/p+1. The summed E-state index contributed by atoms with van der Waals surface area (Å²) >= 11 is 1.45. The highest BCUT2D eigenvalue weighted by Gasteiger charge is 2.18. The van der Waals surface area contributed by atoms with Gasteiger partial charge in [0.25, 0.3) is 5.56 Å². The first-order valence-corrected chi connectivity index (χ1v) is 10.0. The second-order valence-electron chi connectivity index (χ2n) is 6.78. The van der Waals surface area contributed by atoms with Crippen molar-refractivity contribution >= 4 is 21.6 Å². The number of ether oxygens (including phenoxy) is 2. The van der Waals surface area contributed by atoms with Crippen LogP contribution in [0.3, 0.4) is 0 Å². The van der Waals surface area contributed by atoms with Crippen LogP contribution in [0.25, 0.3) is 21.5 Å². The summed E-state index contributed by atoms with van der Waals surface area (Å²) in [6.45, 7) is 1.27. The molecule has 0 aliphatic carbocycles. The van der Waals surface area contributed by atoms with Crippen LogP contribution in [0.1, 0.15) is 11.4 Å². The van der Waals surface area contributed by atoms with Crippen molar-refractivity contribution < 1.29 is 18.8 Å². The molecule has 3 aromatic heterocycles. The molecule has 0 bridgehead atoms. The van der Waals surface area contributed by atoms with Crippen molar-refractivity contribution in [1.29, 1.82) is 0 Å². The summed E-state index contributed by atoms with van der Waals surface area (Å²) in [5, 5.41) is 2.48. The summed E-state index contributed by atoms with van der Waals surface area (Å²) in [4.78, 5) is 22.2. The normalized spacial score (nSPS) is 12.2. The summed E-state index contributed by atoms with van der Waals surface area (Å²) < 4.78 is 16.3. The minimum absolute atomic E-state index is 0.149. The van der Waals surface area contributed by atoms with E-state index >= 15 is 0 Å². The van der Waals surface area contributed by atoms with E-state index < -0.39 is 0 Å². The first-order chi connectivity index (χ1) is 14.1. The maximum Gasteiger partial charge on any atom is 0.260 e. The number of hydrogen-bond acceptors (Lipinski definition) is 6. The molecule has 0 aliphatic rings. The third kappa shape index (κ3) is 3.76. The van der Waals surface area contributed by atoms with Gasteiger partial charge < -0.3 is 23.8 Å². The largest absolute Gasteiger partial charge is 0.493 e. The lowest BCUT2D eigenvalue weighted by Gasteiger charge is -2.17. The average molecular weight is 412 g/mol. The van der Waals surface area contributed by atoms with E-state index in [9.17, 15) is 4.79 Å². The van der Waals surface area contributed by atoms with Gasteiger partial charge in [0.15, 0.2) is 17.3 Å². The highest BCUT2D eigenvalue weighted by Crippen LogP contribution is 2.31. The van der Waals surface area contributed by atoms with Crippen LogP contribution in [0.5, 0.6) is 11.5 Å². The molecular weight excluding hydrogens is 390 g/mol. The third-order valence-electron chi connectivity index (χ3n) is 4.73. The van der Waals surface area contributed by atoms with E-state index in [2.05, 4.69) is 9.97 Å². The van der Waals surface area contributed by atoms with Crippen molar-refractivity contribution in [2.45, 2.75) is 13.1 Å². The van der Waals surface area contributed by atoms with Crippen molar-refractivity contribution in [3.63, 3.8) is 0 Å².